The molecule has 1 aliphatic heterocycles. The summed E-state index contributed by atoms with van der Waals surface area (Å²) >= 11 is 1.58. The van der Waals surface area contributed by atoms with E-state index in [0.717, 1.165) is 16.2 Å². The molecular formula is C24H21N3O4S. The monoisotopic (exact) mass is 447 g/mol. The van der Waals surface area contributed by atoms with Crippen molar-refractivity contribution in [1.29, 1.82) is 5.26 Å². The zero-order chi connectivity index (χ0) is 22.5. The lowest BCUT2D eigenvalue weighted by atomic mass is 10.0. The van der Waals surface area contributed by atoms with Crippen molar-refractivity contribution in [2.24, 2.45) is 5.10 Å². The lowest BCUT2D eigenvalue weighted by Gasteiger charge is -2.23. The zero-order valence-electron chi connectivity index (χ0n) is 17.6. The Morgan fingerprint density at radius 3 is 2.66 bits per heavy atom. The third-order valence-electron chi connectivity index (χ3n) is 5.12. The van der Waals surface area contributed by atoms with Crippen LogP contribution < -0.4 is 14.2 Å². The molecule has 0 saturated heterocycles. The topological polar surface area (TPSA) is 84.1 Å². The molecule has 0 fully saturated rings. The van der Waals surface area contributed by atoms with Gasteiger partial charge in [0.2, 0.25) is 0 Å². The highest BCUT2D eigenvalue weighted by molar-refractivity contribution is 7.12. The summed E-state index contributed by atoms with van der Waals surface area (Å²) < 4.78 is 16.5. The molecule has 3 aromatic rings. The van der Waals surface area contributed by atoms with Crippen molar-refractivity contribution in [3.63, 3.8) is 0 Å². The molecule has 162 valence electrons. The van der Waals surface area contributed by atoms with Gasteiger partial charge in [-0.3, -0.25) is 4.79 Å². The first-order valence-corrected chi connectivity index (χ1v) is 10.8. The van der Waals surface area contributed by atoms with Crippen molar-refractivity contribution in [3.8, 4) is 23.3 Å². The molecule has 0 radical (unpaired) electrons. The number of benzene rings is 2. The van der Waals surface area contributed by atoms with E-state index in [9.17, 15) is 10.1 Å². The molecule has 7 nitrogen and oxygen atoms in total. The Hall–Kier alpha value is -3.83. The molecule has 0 saturated carbocycles. The highest BCUT2D eigenvalue weighted by Crippen LogP contribution is 2.38. The van der Waals surface area contributed by atoms with Crippen LogP contribution in [0.25, 0.3) is 0 Å². The van der Waals surface area contributed by atoms with Gasteiger partial charge in [0.05, 0.1) is 36.4 Å². The van der Waals surface area contributed by atoms with Gasteiger partial charge in [-0.2, -0.15) is 10.4 Å². The minimum absolute atomic E-state index is 0.232. The van der Waals surface area contributed by atoms with Gasteiger partial charge in [0.1, 0.15) is 11.8 Å². The average Bonchev–Trinajstić information content (AvgIpc) is 3.52. The van der Waals surface area contributed by atoms with Gasteiger partial charge in [-0.25, -0.2) is 5.01 Å². The summed E-state index contributed by atoms with van der Waals surface area (Å²) in [5, 5.41) is 17.3. The van der Waals surface area contributed by atoms with Crippen LogP contribution in [0.1, 0.15) is 28.5 Å². The van der Waals surface area contributed by atoms with Crippen molar-refractivity contribution in [2.75, 3.05) is 20.8 Å². The number of thiophene rings is 1. The van der Waals surface area contributed by atoms with Gasteiger partial charge in [-0.1, -0.05) is 24.3 Å². The van der Waals surface area contributed by atoms with Crippen LogP contribution in [-0.2, 0) is 4.79 Å². The summed E-state index contributed by atoms with van der Waals surface area (Å²) in [6, 6.07) is 18.1. The SMILES string of the molecule is COc1ccc([C@H]2CC(c3cccs3)=NN2C(=O)COc2ccccc2C#N)cc1OC. The number of amides is 1. The third-order valence-corrected chi connectivity index (χ3v) is 6.04. The van der Waals surface area contributed by atoms with Crippen LogP contribution in [0, 0.1) is 11.3 Å². The molecule has 0 spiro atoms. The number of rotatable bonds is 7. The molecule has 0 bridgehead atoms. The fourth-order valence-corrected chi connectivity index (χ4v) is 4.26. The molecule has 2 aromatic carbocycles. The van der Waals surface area contributed by atoms with E-state index in [2.05, 4.69) is 11.2 Å². The average molecular weight is 448 g/mol. The summed E-state index contributed by atoms with van der Waals surface area (Å²) in [6.07, 6.45) is 0.566. The number of hydrogen-bond donors (Lipinski definition) is 0. The summed E-state index contributed by atoms with van der Waals surface area (Å²) in [6.45, 7) is -0.232. The number of nitriles is 1. The Morgan fingerprint density at radius 1 is 1.12 bits per heavy atom. The van der Waals surface area contributed by atoms with E-state index in [-0.39, 0.29) is 18.6 Å². The number of hydrogen-bond acceptors (Lipinski definition) is 7. The molecule has 0 N–H and O–H groups in total. The maximum atomic E-state index is 13.2. The van der Waals surface area contributed by atoms with E-state index in [1.54, 1.807) is 49.8 Å². The number of para-hydroxylation sites is 1. The van der Waals surface area contributed by atoms with Crippen LogP contribution >= 0.6 is 11.3 Å². The van der Waals surface area contributed by atoms with Crippen LogP contribution in [0.15, 0.2) is 65.1 Å². The second kappa shape index (κ2) is 9.54. The van der Waals surface area contributed by atoms with Crippen LogP contribution in [0.5, 0.6) is 17.2 Å². The van der Waals surface area contributed by atoms with Crippen molar-refractivity contribution in [3.05, 3.63) is 76.0 Å². The fraction of sp³-hybridized carbons (Fsp3) is 0.208. The Bertz CT molecular complexity index is 1180. The van der Waals surface area contributed by atoms with Crippen LogP contribution in [0.2, 0.25) is 0 Å². The van der Waals surface area contributed by atoms with Crippen molar-refractivity contribution < 1.29 is 19.0 Å². The maximum absolute atomic E-state index is 13.2. The predicted octanol–water partition coefficient (Wildman–Crippen LogP) is 4.39. The lowest BCUT2D eigenvalue weighted by molar-refractivity contribution is -0.135. The number of nitrogens with zero attached hydrogens (tertiary/aromatic N) is 3. The normalized spacial score (nSPS) is 15.1. The van der Waals surface area contributed by atoms with E-state index in [1.807, 2.05) is 35.7 Å². The molecule has 1 atom stereocenters. The molecule has 1 aromatic heterocycles. The Balaban J connectivity index is 1.61. The summed E-state index contributed by atoms with van der Waals surface area (Å²) in [4.78, 5) is 14.2. The van der Waals surface area contributed by atoms with Gasteiger partial charge >= 0.3 is 0 Å². The van der Waals surface area contributed by atoms with Crippen molar-refractivity contribution in [2.45, 2.75) is 12.5 Å². The third kappa shape index (κ3) is 4.29. The molecule has 1 amide bonds. The van der Waals surface area contributed by atoms with Gasteiger partial charge in [0, 0.05) is 6.42 Å². The number of methoxy groups -OCH3 is 2. The number of carbonyl (C=O) groups is 1. The smallest absolute Gasteiger partial charge is 0.281 e. The van der Waals surface area contributed by atoms with E-state index < -0.39 is 0 Å². The number of ether oxygens (including phenoxy) is 3. The van der Waals surface area contributed by atoms with Crippen molar-refractivity contribution >= 4 is 23.0 Å². The van der Waals surface area contributed by atoms with Crippen LogP contribution in [0.4, 0.5) is 0 Å². The molecular weight excluding hydrogens is 426 g/mol. The Morgan fingerprint density at radius 2 is 1.94 bits per heavy atom. The molecule has 1 aliphatic rings. The molecule has 32 heavy (non-hydrogen) atoms. The zero-order valence-corrected chi connectivity index (χ0v) is 18.5. The minimum atomic E-state index is -0.311. The summed E-state index contributed by atoms with van der Waals surface area (Å²) in [7, 11) is 3.16. The van der Waals surface area contributed by atoms with Crippen LogP contribution in [0.3, 0.4) is 0 Å². The fourth-order valence-electron chi connectivity index (χ4n) is 3.54. The lowest BCUT2D eigenvalue weighted by Crippen LogP contribution is -2.31. The first kappa shape index (κ1) is 21.4. The molecule has 4 rings (SSSR count). The number of carbonyl (C=O) groups excluding carboxylic acids is 1. The van der Waals surface area contributed by atoms with E-state index in [4.69, 9.17) is 14.2 Å². The van der Waals surface area contributed by atoms with Crippen LogP contribution in [-0.4, -0.2) is 37.5 Å². The van der Waals surface area contributed by atoms with E-state index in [1.165, 1.54) is 5.01 Å². The predicted molar refractivity (Wildman–Crippen MR) is 121 cm³/mol. The first-order chi connectivity index (χ1) is 15.6. The largest absolute Gasteiger partial charge is 0.493 e. The molecule has 2 heterocycles. The minimum Gasteiger partial charge on any atom is -0.493 e. The summed E-state index contributed by atoms with van der Waals surface area (Å²) in [5.74, 6) is 1.26. The van der Waals surface area contributed by atoms with Gasteiger partial charge < -0.3 is 14.2 Å². The number of hydrazone groups is 1. The molecule has 8 heteroatoms. The van der Waals surface area contributed by atoms with E-state index >= 15 is 0 Å². The van der Waals surface area contributed by atoms with Gasteiger partial charge in [0.25, 0.3) is 5.91 Å². The Kier molecular flexibility index (Phi) is 6.38. The van der Waals surface area contributed by atoms with E-state index in [0.29, 0.717) is 29.2 Å². The van der Waals surface area contributed by atoms with Gasteiger partial charge in [0.15, 0.2) is 18.1 Å². The van der Waals surface area contributed by atoms with Gasteiger partial charge in [-0.05, 0) is 41.3 Å². The maximum Gasteiger partial charge on any atom is 0.281 e. The second-order valence-electron chi connectivity index (χ2n) is 6.99. The Labute approximate surface area is 190 Å². The van der Waals surface area contributed by atoms with Gasteiger partial charge in [-0.15, -0.1) is 11.3 Å². The summed E-state index contributed by atoms with van der Waals surface area (Å²) in [5.41, 5.74) is 2.09. The standard InChI is InChI=1S/C24H21N3O4S/c1-29-21-10-9-16(12-22(21)30-2)19-13-18(23-8-5-11-32-23)26-27(19)24(28)15-31-20-7-4-3-6-17(20)14-25/h3-12,19H,13,15H2,1-2H3/t19-/m1/s1. The molecule has 0 aliphatic carbocycles. The highest BCUT2D eigenvalue weighted by atomic mass is 32.1. The highest BCUT2D eigenvalue weighted by Gasteiger charge is 2.34. The van der Waals surface area contributed by atoms with Crippen molar-refractivity contribution in [1.82, 2.24) is 5.01 Å². The quantitative estimate of drug-likeness (QED) is 0.536. The second-order valence-corrected chi connectivity index (χ2v) is 7.94. The first-order valence-electron chi connectivity index (χ1n) is 9.92. The molecule has 0 unspecified atom stereocenters.